The third kappa shape index (κ3) is 3.22. The van der Waals surface area contributed by atoms with Gasteiger partial charge < -0.3 is 5.32 Å². The fraction of sp³-hybridized carbons (Fsp3) is 0.529. The van der Waals surface area contributed by atoms with Crippen LogP contribution in [0, 0.1) is 5.92 Å². The third-order valence-corrected chi connectivity index (χ3v) is 6.14. The molecule has 1 saturated carbocycles. The first-order valence-corrected chi connectivity index (χ1v) is 9.42. The minimum atomic E-state index is -0.653. The second-order valence-electron chi connectivity index (χ2n) is 6.31. The molecular weight excluding hydrogens is 332 g/mol. The van der Waals surface area contributed by atoms with Crippen LogP contribution in [0.5, 0.6) is 0 Å². The molecule has 1 aliphatic heterocycles. The highest BCUT2D eigenvalue weighted by Crippen LogP contribution is 2.38. The average Bonchev–Trinajstić information content (AvgIpc) is 2.77. The minimum Gasteiger partial charge on any atom is -0.323 e. The summed E-state index contributed by atoms with van der Waals surface area (Å²) in [5.41, 5.74) is -0.653. The Morgan fingerprint density at radius 1 is 1.30 bits per heavy atom. The highest BCUT2D eigenvalue weighted by Gasteiger charge is 2.54. The summed E-state index contributed by atoms with van der Waals surface area (Å²) in [5, 5.41) is 3.69. The van der Waals surface area contributed by atoms with Crippen molar-refractivity contribution in [1.29, 1.82) is 0 Å². The molecule has 0 radical (unpaired) electrons. The number of urea groups is 1. The second kappa shape index (κ2) is 6.73. The molecule has 3 amide bonds. The Morgan fingerprint density at radius 3 is 2.74 bits per heavy atom. The SMILES string of the molecule is C[C@@H]1CCCC[C@]12NC(=O)N(CCSc1ccc(Cl)cc1)C2=O. The largest absolute Gasteiger partial charge is 0.325 e. The number of amides is 3. The standard InChI is InChI=1S/C17H21ClN2O2S/c1-12-4-2-3-9-17(12)15(21)20(16(22)19-17)10-11-23-14-7-5-13(18)6-8-14/h5-8,12H,2-4,9-11H2,1H3,(H,19,22)/t12-,17+/m1/s1. The number of thioether (sulfide) groups is 1. The molecule has 2 atom stereocenters. The molecule has 124 valence electrons. The topological polar surface area (TPSA) is 49.4 Å². The summed E-state index contributed by atoms with van der Waals surface area (Å²) in [6.45, 7) is 2.51. The number of nitrogens with one attached hydrogen (secondary N) is 1. The van der Waals surface area contributed by atoms with Crippen LogP contribution < -0.4 is 5.32 Å². The van der Waals surface area contributed by atoms with Crippen LogP contribution in [0.1, 0.15) is 32.6 Å². The van der Waals surface area contributed by atoms with E-state index in [0.717, 1.165) is 30.6 Å². The van der Waals surface area contributed by atoms with Gasteiger partial charge in [0.25, 0.3) is 5.91 Å². The smallest absolute Gasteiger partial charge is 0.323 e. The van der Waals surface area contributed by atoms with E-state index in [9.17, 15) is 9.59 Å². The first kappa shape index (κ1) is 16.7. The van der Waals surface area contributed by atoms with Gasteiger partial charge in [-0.15, -0.1) is 11.8 Å². The molecule has 6 heteroatoms. The van der Waals surface area contributed by atoms with Gasteiger partial charge in [0.15, 0.2) is 0 Å². The van der Waals surface area contributed by atoms with Crippen molar-refractivity contribution in [1.82, 2.24) is 10.2 Å². The average molecular weight is 353 g/mol. The van der Waals surface area contributed by atoms with E-state index in [4.69, 9.17) is 11.6 Å². The van der Waals surface area contributed by atoms with Gasteiger partial charge in [0, 0.05) is 22.2 Å². The molecule has 1 N–H and O–H groups in total. The summed E-state index contributed by atoms with van der Waals surface area (Å²) < 4.78 is 0. The van der Waals surface area contributed by atoms with Gasteiger partial charge in [-0.2, -0.15) is 0 Å². The van der Waals surface area contributed by atoms with Gasteiger partial charge in [-0.05, 0) is 43.0 Å². The maximum absolute atomic E-state index is 12.8. The van der Waals surface area contributed by atoms with Crippen molar-refractivity contribution in [2.45, 2.75) is 43.0 Å². The quantitative estimate of drug-likeness (QED) is 0.659. The summed E-state index contributed by atoms with van der Waals surface area (Å²) in [4.78, 5) is 27.5. The van der Waals surface area contributed by atoms with Gasteiger partial charge >= 0.3 is 6.03 Å². The Bertz CT molecular complexity index is 607. The fourth-order valence-electron chi connectivity index (χ4n) is 3.48. The summed E-state index contributed by atoms with van der Waals surface area (Å²) in [6, 6.07) is 7.35. The molecule has 1 heterocycles. The maximum Gasteiger partial charge on any atom is 0.325 e. The van der Waals surface area contributed by atoms with Crippen LogP contribution in [0.15, 0.2) is 29.2 Å². The van der Waals surface area contributed by atoms with Crippen molar-refractivity contribution in [3.63, 3.8) is 0 Å². The van der Waals surface area contributed by atoms with E-state index in [1.54, 1.807) is 11.8 Å². The van der Waals surface area contributed by atoms with Crippen LogP contribution in [-0.4, -0.2) is 34.7 Å². The minimum absolute atomic E-state index is 0.0357. The zero-order valence-electron chi connectivity index (χ0n) is 13.2. The molecular formula is C17H21ClN2O2S. The van der Waals surface area contributed by atoms with Gasteiger partial charge in [0.1, 0.15) is 5.54 Å². The Labute approximate surface area is 145 Å². The maximum atomic E-state index is 12.8. The van der Waals surface area contributed by atoms with E-state index < -0.39 is 5.54 Å². The van der Waals surface area contributed by atoms with Crippen LogP contribution in [-0.2, 0) is 4.79 Å². The highest BCUT2D eigenvalue weighted by atomic mass is 35.5. The number of halogens is 1. The lowest BCUT2D eigenvalue weighted by Crippen LogP contribution is -2.54. The van der Waals surface area contributed by atoms with Gasteiger partial charge in [-0.1, -0.05) is 31.4 Å². The molecule has 1 aromatic carbocycles. The van der Waals surface area contributed by atoms with Gasteiger partial charge in [-0.3, -0.25) is 9.69 Å². The number of hydrogen-bond acceptors (Lipinski definition) is 3. The Balaban J connectivity index is 1.61. The van der Waals surface area contributed by atoms with E-state index in [-0.39, 0.29) is 17.9 Å². The lowest BCUT2D eigenvalue weighted by atomic mass is 9.73. The molecule has 2 aliphatic rings. The molecule has 4 nitrogen and oxygen atoms in total. The zero-order chi connectivity index (χ0) is 16.4. The molecule has 1 aromatic rings. The van der Waals surface area contributed by atoms with E-state index in [0.29, 0.717) is 17.3 Å². The van der Waals surface area contributed by atoms with E-state index in [1.165, 1.54) is 4.90 Å². The number of benzene rings is 1. The number of rotatable bonds is 4. The molecule has 1 aliphatic carbocycles. The Morgan fingerprint density at radius 2 is 2.04 bits per heavy atom. The number of hydrogen-bond donors (Lipinski definition) is 1. The summed E-state index contributed by atoms with van der Waals surface area (Å²) in [6.07, 6.45) is 3.90. The monoisotopic (exact) mass is 352 g/mol. The van der Waals surface area contributed by atoms with E-state index in [2.05, 4.69) is 12.2 Å². The van der Waals surface area contributed by atoms with Gasteiger partial charge in [0.2, 0.25) is 0 Å². The van der Waals surface area contributed by atoms with Crippen LogP contribution in [0.3, 0.4) is 0 Å². The summed E-state index contributed by atoms with van der Waals surface area (Å²) in [7, 11) is 0. The van der Waals surface area contributed by atoms with Crippen LogP contribution in [0.2, 0.25) is 5.02 Å². The second-order valence-corrected chi connectivity index (χ2v) is 7.91. The van der Waals surface area contributed by atoms with Crippen LogP contribution in [0.25, 0.3) is 0 Å². The Kier molecular flexibility index (Phi) is 4.87. The van der Waals surface area contributed by atoms with Crippen molar-refractivity contribution in [2.24, 2.45) is 5.92 Å². The molecule has 0 aromatic heterocycles. The lowest BCUT2D eigenvalue weighted by Gasteiger charge is -2.36. The predicted molar refractivity (Wildman–Crippen MR) is 92.8 cm³/mol. The number of imide groups is 1. The van der Waals surface area contributed by atoms with Crippen molar-refractivity contribution < 1.29 is 9.59 Å². The van der Waals surface area contributed by atoms with E-state index in [1.807, 2.05) is 24.3 Å². The number of carbonyl (C=O) groups excluding carboxylic acids is 2. The molecule has 1 saturated heterocycles. The van der Waals surface area contributed by atoms with Crippen molar-refractivity contribution in [2.75, 3.05) is 12.3 Å². The fourth-order valence-corrected chi connectivity index (χ4v) is 4.45. The molecule has 1 spiro atoms. The molecule has 23 heavy (non-hydrogen) atoms. The molecule has 0 bridgehead atoms. The van der Waals surface area contributed by atoms with Crippen LogP contribution >= 0.6 is 23.4 Å². The molecule has 3 rings (SSSR count). The van der Waals surface area contributed by atoms with E-state index >= 15 is 0 Å². The molecule has 0 unspecified atom stereocenters. The lowest BCUT2D eigenvalue weighted by molar-refractivity contribution is -0.134. The van der Waals surface area contributed by atoms with Crippen molar-refractivity contribution in [3.05, 3.63) is 29.3 Å². The van der Waals surface area contributed by atoms with Crippen LogP contribution in [0.4, 0.5) is 4.79 Å². The third-order valence-electron chi connectivity index (χ3n) is 4.90. The first-order valence-electron chi connectivity index (χ1n) is 8.05. The van der Waals surface area contributed by atoms with Crippen molar-refractivity contribution >= 4 is 35.3 Å². The number of nitrogens with zero attached hydrogens (tertiary/aromatic N) is 1. The highest BCUT2D eigenvalue weighted by molar-refractivity contribution is 7.99. The Hall–Kier alpha value is -1.20. The zero-order valence-corrected chi connectivity index (χ0v) is 14.8. The van der Waals surface area contributed by atoms with Gasteiger partial charge in [-0.25, -0.2) is 4.79 Å². The molecule has 2 fully saturated rings. The number of carbonyl (C=O) groups is 2. The predicted octanol–water partition coefficient (Wildman–Crippen LogP) is 3.93. The summed E-state index contributed by atoms with van der Waals surface area (Å²) >= 11 is 7.49. The summed E-state index contributed by atoms with van der Waals surface area (Å²) in [5.74, 6) is 0.860. The van der Waals surface area contributed by atoms with Crippen molar-refractivity contribution in [3.8, 4) is 0 Å². The first-order chi connectivity index (χ1) is 11.0. The normalized spacial score (nSPS) is 27.6. The van der Waals surface area contributed by atoms with Gasteiger partial charge in [0.05, 0.1) is 0 Å².